The molecule has 5 heteroatoms. The summed E-state index contributed by atoms with van der Waals surface area (Å²) in [6, 6.07) is 0.427. The highest BCUT2D eigenvalue weighted by Gasteiger charge is 2.41. The van der Waals surface area contributed by atoms with Crippen molar-refractivity contribution in [2.24, 2.45) is 5.92 Å². The average Bonchev–Trinajstić information content (AvgIpc) is 2.45. The fourth-order valence-electron chi connectivity index (χ4n) is 4.02. The van der Waals surface area contributed by atoms with Crippen LogP contribution in [0.1, 0.15) is 38.5 Å². The summed E-state index contributed by atoms with van der Waals surface area (Å²) in [4.78, 5) is 28.8. The summed E-state index contributed by atoms with van der Waals surface area (Å²) in [5.74, 6) is 0.316. The molecular formula is C15H25N3O2. The lowest BCUT2D eigenvalue weighted by atomic mass is 9.86. The van der Waals surface area contributed by atoms with Gasteiger partial charge in [0.1, 0.15) is 0 Å². The number of rotatable bonds is 1. The monoisotopic (exact) mass is 279 g/mol. The van der Waals surface area contributed by atoms with Crippen molar-refractivity contribution in [1.82, 2.24) is 15.1 Å². The Morgan fingerprint density at radius 3 is 2.80 bits per heavy atom. The number of fused-ring (bicyclic) bond motifs is 1. The maximum Gasteiger partial charge on any atom is 0.239 e. The predicted molar refractivity (Wildman–Crippen MR) is 76.1 cm³/mol. The lowest BCUT2D eigenvalue weighted by molar-refractivity contribution is -0.148. The normalized spacial score (nSPS) is 35.4. The Hall–Kier alpha value is -1.10. The van der Waals surface area contributed by atoms with Crippen LogP contribution in [0.3, 0.4) is 0 Å². The van der Waals surface area contributed by atoms with Crippen LogP contribution < -0.4 is 5.32 Å². The number of carbonyl (C=O) groups excluding carboxylic acids is 2. The zero-order valence-electron chi connectivity index (χ0n) is 12.3. The van der Waals surface area contributed by atoms with Crippen molar-refractivity contribution in [3.8, 4) is 0 Å². The Bertz CT molecular complexity index is 399. The topological polar surface area (TPSA) is 52.7 Å². The molecule has 1 saturated carbocycles. The van der Waals surface area contributed by atoms with E-state index in [1.54, 1.807) is 0 Å². The number of amides is 2. The maximum absolute atomic E-state index is 12.8. The third kappa shape index (κ3) is 2.68. The minimum atomic E-state index is 0.0191. The molecular weight excluding hydrogens is 254 g/mol. The summed E-state index contributed by atoms with van der Waals surface area (Å²) >= 11 is 0. The second-order valence-electron chi connectivity index (χ2n) is 6.59. The van der Waals surface area contributed by atoms with Crippen molar-refractivity contribution in [2.45, 2.75) is 50.6 Å². The molecule has 0 bridgehead atoms. The molecule has 3 aliphatic rings. The number of likely N-dealkylation sites (tertiary alicyclic amines) is 1. The summed E-state index contributed by atoms with van der Waals surface area (Å²) in [6.45, 7) is 2.19. The van der Waals surface area contributed by atoms with Crippen LogP contribution in [-0.2, 0) is 9.59 Å². The molecule has 0 spiro atoms. The zero-order valence-corrected chi connectivity index (χ0v) is 12.3. The summed E-state index contributed by atoms with van der Waals surface area (Å²) in [7, 11) is 2.08. The van der Waals surface area contributed by atoms with Crippen molar-refractivity contribution in [2.75, 3.05) is 26.7 Å². The van der Waals surface area contributed by atoms with Gasteiger partial charge in [-0.1, -0.05) is 12.8 Å². The van der Waals surface area contributed by atoms with Crippen LogP contribution >= 0.6 is 0 Å². The van der Waals surface area contributed by atoms with Gasteiger partial charge in [-0.25, -0.2) is 0 Å². The first kappa shape index (κ1) is 13.9. The van der Waals surface area contributed by atoms with Crippen LogP contribution in [0.25, 0.3) is 0 Å². The molecule has 0 aromatic rings. The molecule has 1 aliphatic carbocycles. The summed E-state index contributed by atoms with van der Waals surface area (Å²) in [5, 5.41) is 3.07. The van der Waals surface area contributed by atoms with E-state index in [4.69, 9.17) is 0 Å². The first-order valence-electron chi connectivity index (χ1n) is 7.93. The van der Waals surface area contributed by atoms with E-state index in [2.05, 4.69) is 17.3 Å². The van der Waals surface area contributed by atoms with E-state index < -0.39 is 0 Å². The number of hydrogen-bond acceptors (Lipinski definition) is 3. The van der Waals surface area contributed by atoms with Gasteiger partial charge in [0.15, 0.2) is 0 Å². The smallest absolute Gasteiger partial charge is 0.239 e. The minimum absolute atomic E-state index is 0.0191. The number of hydrogen-bond donors (Lipinski definition) is 1. The van der Waals surface area contributed by atoms with Gasteiger partial charge in [0.2, 0.25) is 11.8 Å². The molecule has 1 N–H and O–H groups in total. The van der Waals surface area contributed by atoms with Gasteiger partial charge in [0.05, 0.1) is 18.5 Å². The van der Waals surface area contributed by atoms with E-state index >= 15 is 0 Å². The fourth-order valence-corrected chi connectivity index (χ4v) is 4.02. The molecule has 3 rings (SSSR count). The molecule has 3 fully saturated rings. The molecule has 3 atom stereocenters. The van der Waals surface area contributed by atoms with Gasteiger partial charge in [-0.05, 0) is 39.3 Å². The number of nitrogens with one attached hydrogen (secondary N) is 1. The largest absolute Gasteiger partial charge is 0.350 e. The van der Waals surface area contributed by atoms with Gasteiger partial charge in [0.25, 0.3) is 0 Å². The number of piperidine rings is 1. The minimum Gasteiger partial charge on any atom is -0.350 e. The van der Waals surface area contributed by atoms with Gasteiger partial charge < -0.3 is 15.1 Å². The Labute approximate surface area is 120 Å². The molecule has 20 heavy (non-hydrogen) atoms. The van der Waals surface area contributed by atoms with E-state index in [0.29, 0.717) is 0 Å². The van der Waals surface area contributed by atoms with Gasteiger partial charge in [0, 0.05) is 12.6 Å². The standard InChI is InChI=1S/C15H25N3O2/c1-17-8-4-5-11(9-17)15(20)18-10-14(19)16-12-6-2-3-7-13(12)18/h11-13H,2-10H2,1H3,(H,16,19). The maximum atomic E-state index is 12.8. The van der Waals surface area contributed by atoms with E-state index in [-0.39, 0.29) is 36.4 Å². The molecule has 2 aliphatic heterocycles. The zero-order chi connectivity index (χ0) is 14.1. The van der Waals surface area contributed by atoms with E-state index in [1.807, 2.05) is 4.90 Å². The van der Waals surface area contributed by atoms with Gasteiger partial charge in [-0.2, -0.15) is 0 Å². The highest BCUT2D eigenvalue weighted by Crippen LogP contribution is 2.28. The molecule has 2 heterocycles. The van der Waals surface area contributed by atoms with Crippen molar-refractivity contribution < 1.29 is 9.59 Å². The second-order valence-corrected chi connectivity index (χ2v) is 6.59. The van der Waals surface area contributed by atoms with E-state index in [0.717, 1.165) is 45.2 Å². The van der Waals surface area contributed by atoms with Crippen molar-refractivity contribution in [1.29, 1.82) is 0 Å². The molecule has 112 valence electrons. The van der Waals surface area contributed by atoms with Gasteiger partial charge >= 0.3 is 0 Å². The van der Waals surface area contributed by atoms with Crippen LogP contribution in [0.2, 0.25) is 0 Å². The summed E-state index contributed by atoms with van der Waals surface area (Å²) in [5.41, 5.74) is 0. The second kappa shape index (κ2) is 5.72. The molecule has 0 aromatic heterocycles. The van der Waals surface area contributed by atoms with Crippen molar-refractivity contribution in [3.05, 3.63) is 0 Å². The highest BCUT2D eigenvalue weighted by atomic mass is 16.2. The van der Waals surface area contributed by atoms with Crippen molar-refractivity contribution in [3.63, 3.8) is 0 Å². The molecule has 5 nitrogen and oxygen atoms in total. The van der Waals surface area contributed by atoms with Crippen LogP contribution in [-0.4, -0.2) is 60.4 Å². The fraction of sp³-hybridized carbons (Fsp3) is 0.867. The number of nitrogens with zero attached hydrogens (tertiary/aromatic N) is 2. The van der Waals surface area contributed by atoms with Crippen LogP contribution in [0.4, 0.5) is 0 Å². The molecule has 2 amide bonds. The Morgan fingerprint density at radius 2 is 2.00 bits per heavy atom. The Kier molecular flexibility index (Phi) is 3.96. The van der Waals surface area contributed by atoms with Gasteiger partial charge in [-0.3, -0.25) is 9.59 Å². The highest BCUT2D eigenvalue weighted by molar-refractivity contribution is 5.88. The number of piperazine rings is 1. The van der Waals surface area contributed by atoms with Crippen LogP contribution in [0.5, 0.6) is 0 Å². The van der Waals surface area contributed by atoms with Crippen molar-refractivity contribution >= 4 is 11.8 Å². The molecule has 0 aromatic carbocycles. The van der Waals surface area contributed by atoms with E-state index in [1.165, 1.54) is 6.42 Å². The SMILES string of the molecule is CN1CCCC(C(=O)N2CC(=O)NC3CCCCC32)C1. The first-order chi connectivity index (χ1) is 9.65. The molecule has 0 radical (unpaired) electrons. The first-order valence-corrected chi connectivity index (χ1v) is 7.93. The molecule has 3 unspecified atom stereocenters. The lowest BCUT2D eigenvalue weighted by Crippen LogP contribution is -2.64. The van der Waals surface area contributed by atoms with Gasteiger partial charge in [-0.15, -0.1) is 0 Å². The predicted octanol–water partition coefficient (Wildman–Crippen LogP) is 0.598. The van der Waals surface area contributed by atoms with Crippen LogP contribution in [0.15, 0.2) is 0 Å². The quantitative estimate of drug-likeness (QED) is 0.764. The summed E-state index contributed by atoms with van der Waals surface area (Å²) < 4.78 is 0. The average molecular weight is 279 g/mol. The third-order valence-electron chi connectivity index (χ3n) is 5.05. The summed E-state index contributed by atoms with van der Waals surface area (Å²) in [6.07, 6.45) is 6.45. The Balaban J connectivity index is 1.72. The Morgan fingerprint density at radius 1 is 1.20 bits per heavy atom. The van der Waals surface area contributed by atoms with Crippen LogP contribution in [0, 0.1) is 5.92 Å². The lowest BCUT2D eigenvalue weighted by Gasteiger charge is -2.45. The van der Waals surface area contributed by atoms with E-state index in [9.17, 15) is 9.59 Å². The number of carbonyl (C=O) groups is 2. The molecule has 2 saturated heterocycles. The third-order valence-corrected chi connectivity index (χ3v) is 5.05.